The van der Waals surface area contributed by atoms with Gasteiger partial charge < -0.3 is 9.84 Å². The Morgan fingerprint density at radius 1 is 1.14 bits per heavy atom. The molecular weight excluding hydrogens is 537 g/mol. The van der Waals surface area contributed by atoms with Crippen molar-refractivity contribution in [2.45, 2.75) is 31.6 Å². The van der Waals surface area contributed by atoms with Gasteiger partial charge in [0.05, 0.1) is 5.69 Å². The molecule has 0 atom stereocenters. The summed E-state index contributed by atoms with van der Waals surface area (Å²) in [5.41, 5.74) is 2.40. The molecule has 1 amide bonds. The van der Waals surface area contributed by atoms with Crippen LogP contribution in [0.4, 0.5) is 10.1 Å². The third-order valence-electron chi connectivity index (χ3n) is 5.95. The molecule has 0 unspecified atom stereocenters. The Morgan fingerprint density at radius 3 is 2.49 bits per heavy atom. The van der Waals surface area contributed by atoms with Gasteiger partial charge in [-0.1, -0.05) is 57.0 Å². The molecule has 184 valence electrons. The second kappa shape index (κ2) is 10.4. The highest BCUT2D eigenvalue weighted by atomic mass is 79.9. The van der Waals surface area contributed by atoms with Crippen LogP contribution in [0.5, 0.6) is 0 Å². The van der Waals surface area contributed by atoms with Gasteiger partial charge in [0.1, 0.15) is 11.5 Å². The minimum atomic E-state index is -3.88. The molecule has 0 bridgehead atoms. The predicted molar refractivity (Wildman–Crippen MR) is 136 cm³/mol. The topological polar surface area (TPSA) is 92.5 Å². The van der Waals surface area contributed by atoms with E-state index in [0.717, 1.165) is 11.1 Å². The van der Waals surface area contributed by atoms with E-state index in [-0.39, 0.29) is 41.0 Å². The second-order valence-corrected chi connectivity index (χ2v) is 11.3. The zero-order valence-electron chi connectivity index (χ0n) is 19.3. The lowest BCUT2D eigenvalue weighted by molar-refractivity contribution is -0.120. The van der Waals surface area contributed by atoms with Gasteiger partial charge in [0.2, 0.25) is 15.9 Å². The first-order chi connectivity index (χ1) is 16.6. The molecule has 0 spiro atoms. The minimum absolute atomic E-state index is 0.0284. The fraction of sp³-hybridized carbons (Fsp3) is 0.280. The summed E-state index contributed by atoms with van der Waals surface area (Å²) in [5, 5.41) is 6.48. The summed E-state index contributed by atoms with van der Waals surface area (Å²) in [6.07, 6.45) is 4.02. The molecule has 1 saturated heterocycles. The van der Waals surface area contributed by atoms with Gasteiger partial charge >= 0.3 is 0 Å². The number of rotatable bonds is 6. The molecule has 1 aromatic heterocycles. The van der Waals surface area contributed by atoms with E-state index in [1.807, 2.05) is 31.2 Å². The van der Waals surface area contributed by atoms with Crippen LogP contribution in [0.1, 0.15) is 35.4 Å². The number of anilines is 1. The van der Waals surface area contributed by atoms with Crippen molar-refractivity contribution in [2.75, 3.05) is 18.4 Å². The smallest absolute Gasteiger partial charge is 0.248 e. The van der Waals surface area contributed by atoms with E-state index in [1.165, 1.54) is 16.4 Å². The van der Waals surface area contributed by atoms with E-state index in [0.29, 0.717) is 17.3 Å². The average molecular weight is 562 g/mol. The molecule has 0 aliphatic carbocycles. The third kappa shape index (κ3) is 5.71. The molecule has 4 rings (SSSR count). The molecule has 1 aliphatic rings. The number of halogens is 2. The number of aryl methyl sites for hydroxylation is 2. The van der Waals surface area contributed by atoms with Gasteiger partial charge in [0, 0.05) is 23.5 Å². The first-order valence-corrected chi connectivity index (χ1v) is 13.4. The number of piperidine rings is 1. The lowest BCUT2D eigenvalue weighted by Crippen LogP contribution is -2.41. The molecule has 1 aliphatic heterocycles. The van der Waals surface area contributed by atoms with Crippen molar-refractivity contribution in [3.8, 4) is 0 Å². The number of hydrogen-bond acceptors (Lipinski definition) is 5. The number of hydrogen-bond donors (Lipinski definition) is 1. The number of nitrogens with zero attached hydrogens (tertiary/aromatic N) is 2. The van der Waals surface area contributed by atoms with Crippen LogP contribution in [0, 0.1) is 25.6 Å². The average Bonchev–Trinajstić information content (AvgIpc) is 3.21. The molecular formula is C25H25BrFN3O4S. The molecule has 35 heavy (non-hydrogen) atoms. The van der Waals surface area contributed by atoms with Crippen LogP contribution in [-0.4, -0.2) is 36.9 Å². The lowest BCUT2D eigenvalue weighted by Gasteiger charge is -2.30. The Balaban J connectivity index is 1.45. The summed E-state index contributed by atoms with van der Waals surface area (Å²) < 4.78 is 48.2. The highest BCUT2D eigenvalue weighted by molar-refractivity contribution is 9.10. The summed E-state index contributed by atoms with van der Waals surface area (Å²) in [4.78, 5) is 12.7. The quantitative estimate of drug-likeness (QED) is 0.434. The van der Waals surface area contributed by atoms with Crippen LogP contribution in [0.2, 0.25) is 0 Å². The van der Waals surface area contributed by atoms with Gasteiger partial charge in [-0.2, -0.15) is 4.31 Å². The van der Waals surface area contributed by atoms with Gasteiger partial charge in [-0.25, -0.2) is 12.8 Å². The van der Waals surface area contributed by atoms with Gasteiger partial charge in [-0.15, -0.1) is 0 Å². The molecule has 0 radical (unpaired) electrons. The van der Waals surface area contributed by atoms with E-state index in [9.17, 15) is 17.6 Å². The van der Waals surface area contributed by atoms with Crippen molar-refractivity contribution >= 4 is 49.7 Å². The van der Waals surface area contributed by atoms with Crippen LogP contribution in [-0.2, 0) is 14.8 Å². The molecule has 3 aromatic rings. The van der Waals surface area contributed by atoms with Crippen LogP contribution in [0.25, 0.3) is 12.2 Å². The molecule has 1 N–H and O–H groups in total. The van der Waals surface area contributed by atoms with Crippen molar-refractivity contribution in [3.63, 3.8) is 0 Å². The maximum Gasteiger partial charge on any atom is 0.248 e. The molecule has 10 heteroatoms. The largest absolute Gasteiger partial charge is 0.355 e. The van der Waals surface area contributed by atoms with Crippen LogP contribution in [0.3, 0.4) is 0 Å². The number of amides is 1. The van der Waals surface area contributed by atoms with Gasteiger partial charge in [0.15, 0.2) is 10.7 Å². The summed E-state index contributed by atoms with van der Waals surface area (Å²) in [6.45, 7) is 3.90. The van der Waals surface area contributed by atoms with Gasteiger partial charge in [-0.3, -0.25) is 4.79 Å². The van der Waals surface area contributed by atoms with Crippen LogP contribution in [0.15, 0.2) is 56.4 Å². The SMILES string of the molecule is Cc1ccc(C=Cc2onc(C)c2S(=O)(=O)N2CCC(C(=O)Nc3ccc(Br)cc3F)CC2)cc1. The van der Waals surface area contributed by atoms with Crippen molar-refractivity contribution in [1.29, 1.82) is 0 Å². The molecule has 7 nitrogen and oxygen atoms in total. The number of carbonyl (C=O) groups excluding carboxylic acids is 1. The minimum Gasteiger partial charge on any atom is -0.355 e. The van der Waals surface area contributed by atoms with Crippen molar-refractivity contribution in [3.05, 3.63) is 75.3 Å². The normalized spacial score (nSPS) is 15.5. The van der Waals surface area contributed by atoms with Crippen molar-refractivity contribution in [1.82, 2.24) is 9.46 Å². The standard InChI is InChI=1S/C25H25BrFN3O4S/c1-16-3-5-18(6-4-16)7-10-23-24(17(2)29-34-23)35(32,33)30-13-11-19(12-14-30)25(31)28-22-9-8-20(26)15-21(22)27/h3-10,15,19H,11-14H2,1-2H3,(H,28,31). The summed E-state index contributed by atoms with van der Waals surface area (Å²) >= 11 is 3.18. The number of carbonyl (C=O) groups is 1. The number of sulfonamides is 1. The van der Waals surface area contributed by atoms with Crippen molar-refractivity contribution < 1.29 is 22.1 Å². The maximum atomic E-state index is 14.1. The van der Waals surface area contributed by atoms with E-state index >= 15 is 0 Å². The number of aromatic nitrogens is 1. The predicted octanol–water partition coefficient (Wildman–Crippen LogP) is 5.40. The fourth-order valence-electron chi connectivity index (χ4n) is 3.96. The lowest BCUT2D eigenvalue weighted by atomic mass is 9.97. The van der Waals surface area contributed by atoms with Gasteiger partial charge in [0.25, 0.3) is 0 Å². The Labute approximate surface area is 212 Å². The maximum absolute atomic E-state index is 14.1. The van der Waals surface area contributed by atoms with E-state index < -0.39 is 21.8 Å². The zero-order valence-corrected chi connectivity index (χ0v) is 21.7. The number of benzene rings is 2. The summed E-state index contributed by atoms with van der Waals surface area (Å²) in [5.74, 6) is -1.13. The molecule has 2 heterocycles. The zero-order chi connectivity index (χ0) is 25.2. The van der Waals surface area contributed by atoms with E-state index in [4.69, 9.17) is 4.52 Å². The highest BCUT2D eigenvalue weighted by Crippen LogP contribution is 2.30. The highest BCUT2D eigenvalue weighted by Gasteiger charge is 2.36. The Kier molecular flexibility index (Phi) is 7.53. The first-order valence-electron chi connectivity index (χ1n) is 11.1. The van der Waals surface area contributed by atoms with Crippen molar-refractivity contribution in [2.24, 2.45) is 5.92 Å². The molecule has 2 aromatic carbocycles. The van der Waals surface area contributed by atoms with E-state index in [2.05, 4.69) is 26.4 Å². The van der Waals surface area contributed by atoms with Gasteiger partial charge in [-0.05, 0) is 56.5 Å². The molecule has 0 saturated carbocycles. The summed E-state index contributed by atoms with van der Waals surface area (Å²) in [7, 11) is -3.88. The molecule has 1 fully saturated rings. The third-order valence-corrected chi connectivity index (χ3v) is 8.50. The second-order valence-electron chi connectivity index (χ2n) is 8.50. The Hall–Kier alpha value is -2.82. The number of nitrogens with one attached hydrogen (secondary N) is 1. The van der Waals surface area contributed by atoms with Crippen LogP contribution < -0.4 is 5.32 Å². The van der Waals surface area contributed by atoms with Crippen LogP contribution >= 0.6 is 15.9 Å². The fourth-order valence-corrected chi connectivity index (χ4v) is 6.01. The Morgan fingerprint density at radius 2 is 1.83 bits per heavy atom. The Bertz CT molecular complexity index is 1360. The summed E-state index contributed by atoms with van der Waals surface area (Å²) in [6, 6.07) is 12.2. The first kappa shape index (κ1) is 25.3. The monoisotopic (exact) mass is 561 g/mol. The van der Waals surface area contributed by atoms with E-state index in [1.54, 1.807) is 25.1 Å².